The van der Waals surface area contributed by atoms with Crippen LogP contribution in [0.25, 0.3) is 21.8 Å². The molecule has 1 aliphatic rings. The van der Waals surface area contributed by atoms with E-state index in [1.165, 1.54) is 10.4 Å². The first-order valence-electron chi connectivity index (χ1n) is 10.4. The summed E-state index contributed by atoms with van der Waals surface area (Å²) in [5, 5.41) is 13.9. The van der Waals surface area contributed by atoms with Crippen LogP contribution >= 0.6 is 22.7 Å². The molecule has 3 aromatic heterocycles. The summed E-state index contributed by atoms with van der Waals surface area (Å²) in [7, 11) is 0. The average molecular weight is 442 g/mol. The minimum absolute atomic E-state index is 0.0441. The molecule has 3 N–H and O–H groups in total. The zero-order chi connectivity index (χ0) is 20.9. The molecule has 158 valence electrons. The number of pyridine rings is 1. The number of hydrogen-bond donors (Lipinski definition) is 3. The summed E-state index contributed by atoms with van der Waals surface area (Å²) in [5.41, 5.74) is 4.35. The number of nitrogens with one attached hydrogen (secondary N) is 3. The Hall–Kier alpha value is -2.13. The van der Waals surface area contributed by atoms with Crippen LogP contribution in [0.2, 0.25) is 0 Å². The van der Waals surface area contributed by atoms with E-state index in [4.69, 9.17) is 4.98 Å². The smallest absolute Gasteiger partial charge is 0.226 e. The lowest BCUT2D eigenvalue weighted by Gasteiger charge is -2.13. The van der Waals surface area contributed by atoms with E-state index in [2.05, 4.69) is 40.2 Å². The van der Waals surface area contributed by atoms with E-state index in [0.29, 0.717) is 19.0 Å². The maximum atomic E-state index is 12.6. The van der Waals surface area contributed by atoms with E-state index in [9.17, 15) is 4.79 Å². The Bertz CT molecular complexity index is 998. The lowest BCUT2D eigenvalue weighted by atomic mass is 10.0. The Morgan fingerprint density at radius 2 is 2.30 bits per heavy atom. The molecule has 4 rings (SSSR count). The third-order valence-electron chi connectivity index (χ3n) is 5.31. The van der Waals surface area contributed by atoms with Crippen LogP contribution in [-0.2, 0) is 17.8 Å². The summed E-state index contributed by atoms with van der Waals surface area (Å²) in [5.74, 6) is 0.0441. The van der Waals surface area contributed by atoms with Crippen molar-refractivity contribution in [2.24, 2.45) is 0 Å². The molecule has 0 aliphatic carbocycles. The molecule has 0 fully saturated rings. The van der Waals surface area contributed by atoms with Gasteiger partial charge < -0.3 is 16.0 Å². The number of amides is 1. The zero-order valence-corrected chi connectivity index (χ0v) is 19.0. The number of carbonyl (C=O) groups is 1. The van der Waals surface area contributed by atoms with Gasteiger partial charge in [-0.1, -0.05) is 6.92 Å². The molecule has 1 amide bonds. The molecule has 4 heterocycles. The van der Waals surface area contributed by atoms with Crippen LogP contribution in [0.5, 0.6) is 0 Å². The third-order valence-corrected chi connectivity index (χ3v) is 7.32. The predicted octanol–water partition coefficient (Wildman–Crippen LogP) is 4.30. The van der Waals surface area contributed by atoms with E-state index in [0.717, 1.165) is 52.8 Å². The zero-order valence-electron chi connectivity index (χ0n) is 17.3. The molecular weight excluding hydrogens is 414 g/mol. The lowest BCUT2D eigenvalue weighted by molar-refractivity contribution is -0.116. The number of hydrogen-bond acceptors (Lipinski definition) is 7. The molecule has 0 bridgehead atoms. The Kier molecular flexibility index (Phi) is 6.89. The Morgan fingerprint density at radius 1 is 1.40 bits per heavy atom. The highest BCUT2D eigenvalue weighted by molar-refractivity contribution is 7.18. The lowest BCUT2D eigenvalue weighted by Crippen LogP contribution is -2.28. The van der Waals surface area contributed by atoms with Gasteiger partial charge in [0.2, 0.25) is 5.91 Å². The molecule has 1 atom stereocenters. The topological polar surface area (TPSA) is 78.9 Å². The highest BCUT2D eigenvalue weighted by Gasteiger charge is 2.25. The summed E-state index contributed by atoms with van der Waals surface area (Å²) in [6.45, 7) is 6.76. The van der Waals surface area contributed by atoms with Crippen molar-refractivity contribution in [3.05, 3.63) is 40.3 Å². The quantitative estimate of drug-likeness (QED) is 0.486. The van der Waals surface area contributed by atoms with Crippen molar-refractivity contribution >= 4 is 33.6 Å². The van der Waals surface area contributed by atoms with Crippen molar-refractivity contribution in [2.75, 3.05) is 18.4 Å². The molecule has 30 heavy (non-hydrogen) atoms. The molecule has 0 radical (unpaired) electrons. The number of carbonyl (C=O) groups excluding carboxylic acids is 1. The molecule has 0 saturated heterocycles. The summed E-state index contributed by atoms with van der Waals surface area (Å²) < 4.78 is 0. The van der Waals surface area contributed by atoms with E-state index in [1.807, 2.05) is 18.3 Å². The number of rotatable bonds is 8. The van der Waals surface area contributed by atoms with Crippen LogP contribution in [0.15, 0.2) is 29.9 Å². The van der Waals surface area contributed by atoms with Gasteiger partial charge in [-0.15, -0.1) is 22.7 Å². The number of thiazole rings is 1. The minimum atomic E-state index is 0.0441. The van der Waals surface area contributed by atoms with Crippen LogP contribution < -0.4 is 16.0 Å². The fraction of sp³-hybridized carbons (Fsp3) is 0.409. The van der Waals surface area contributed by atoms with Crippen LogP contribution in [0.3, 0.4) is 0 Å². The number of anilines is 1. The highest BCUT2D eigenvalue weighted by Crippen LogP contribution is 2.44. The van der Waals surface area contributed by atoms with Gasteiger partial charge >= 0.3 is 0 Å². The fourth-order valence-corrected chi connectivity index (χ4v) is 5.66. The van der Waals surface area contributed by atoms with Gasteiger partial charge in [-0.2, -0.15) is 0 Å². The maximum Gasteiger partial charge on any atom is 0.226 e. The van der Waals surface area contributed by atoms with Crippen molar-refractivity contribution in [1.29, 1.82) is 0 Å². The molecular formula is C22H27N5OS2. The van der Waals surface area contributed by atoms with Gasteiger partial charge in [-0.05, 0) is 44.0 Å². The SMILES string of the molecule is CC[C@H](C)NCCC(=O)Nc1sc2c(c1-c1nc(-c3cccnc3)cs1)CCNC2. The normalized spacial score (nSPS) is 14.3. The maximum absolute atomic E-state index is 12.6. The van der Waals surface area contributed by atoms with Crippen LogP contribution in [0, 0.1) is 0 Å². The van der Waals surface area contributed by atoms with Gasteiger partial charge in [-0.25, -0.2) is 4.98 Å². The van der Waals surface area contributed by atoms with Crippen LogP contribution in [0.1, 0.15) is 37.1 Å². The molecule has 0 unspecified atom stereocenters. The average Bonchev–Trinajstić information content (AvgIpc) is 3.38. The number of fused-ring (bicyclic) bond motifs is 1. The minimum Gasteiger partial charge on any atom is -0.317 e. The molecule has 0 aromatic carbocycles. The monoisotopic (exact) mass is 441 g/mol. The van der Waals surface area contributed by atoms with Crippen molar-refractivity contribution < 1.29 is 4.79 Å². The van der Waals surface area contributed by atoms with Gasteiger partial charge in [-0.3, -0.25) is 9.78 Å². The molecule has 8 heteroatoms. The Labute approximate surface area is 185 Å². The van der Waals surface area contributed by atoms with Gasteiger partial charge in [0, 0.05) is 59.3 Å². The van der Waals surface area contributed by atoms with Crippen LogP contribution in [0.4, 0.5) is 5.00 Å². The van der Waals surface area contributed by atoms with Gasteiger partial charge in [0.25, 0.3) is 0 Å². The first-order valence-corrected chi connectivity index (χ1v) is 12.1. The van der Waals surface area contributed by atoms with Crippen molar-refractivity contribution in [2.45, 2.75) is 45.7 Å². The highest BCUT2D eigenvalue weighted by atomic mass is 32.1. The van der Waals surface area contributed by atoms with Crippen molar-refractivity contribution in [3.8, 4) is 21.8 Å². The molecule has 3 aromatic rings. The van der Waals surface area contributed by atoms with Gasteiger partial charge in [0.05, 0.1) is 5.69 Å². The second kappa shape index (κ2) is 9.78. The fourth-order valence-electron chi connectivity index (χ4n) is 3.45. The summed E-state index contributed by atoms with van der Waals surface area (Å²) in [4.78, 5) is 23.0. The first kappa shape index (κ1) is 21.1. The second-order valence-corrected chi connectivity index (χ2v) is 9.44. The van der Waals surface area contributed by atoms with Crippen molar-refractivity contribution in [1.82, 2.24) is 20.6 Å². The molecule has 0 spiro atoms. The summed E-state index contributed by atoms with van der Waals surface area (Å²) >= 11 is 3.30. The summed E-state index contributed by atoms with van der Waals surface area (Å²) in [6, 6.07) is 4.37. The van der Waals surface area contributed by atoms with E-state index >= 15 is 0 Å². The van der Waals surface area contributed by atoms with E-state index in [1.54, 1.807) is 28.9 Å². The molecule has 0 saturated carbocycles. The third kappa shape index (κ3) is 4.78. The standard InChI is InChI=1S/C22H27N5OS2/c1-3-14(2)25-10-7-19(28)27-22-20(16-6-9-24-12-18(16)30-22)21-26-17(13-29-21)15-5-4-8-23-11-15/h4-5,8,11,13-14,24-25H,3,6-7,9-10,12H2,1-2H3,(H,27,28)/t14-/m0/s1. The van der Waals surface area contributed by atoms with E-state index < -0.39 is 0 Å². The van der Waals surface area contributed by atoms with Gasteiger partial charge in [0.1, 0.15) is 10.0 Å². The number of nitrogens with zero attached hydrogens (tertiary/aromatic N) is 2. The molecule has 1 aliphatic heterocycles. The van der Waals surface area contributed by atoms with Crippen molar-refractivity contribution in [3.63, 3.8) is 0 Å². The van der Waals surface area contributed by atoms with E-state index in [-0.39, 0.29) is 5.91 Å². The Morgan fingerprint density at radius 3 is 3.10 bits per heavy atom. The predicted molar refractivity (Wildman–Crippen MR) is 125 cm³/mol. The number of thiophene rings is 1. The largest absolute Gasteiger partial charge is 0.317 e. The molecule has 6 nitrogen and oxygen atoms in total. The number of aromatic nitrogens is 2. The van der Waals surface area contributed by atoms with Gasteiger partial charge in [0.15, 0.2) is 0 Å². The summed E-state index contributed by atoms with van der Waals surface area (Å²) in [6.07, 6.45) is 6.07. The first-order chi connectivity index (χ1) is 14.7. The second-order valence-electron chi connectivity index (χ2n) is 7.48. The Balaban J connectivity index is 1.57. The van der Waals surface area contributed by atoms with Crippen LogP contribution in [-0.4, -0.2) is 35.0 Å².